The number of fused-ring (bicyclic) bond motifs is 1. The van der Waals surface area contributed by atoms with E-state index in [-0.39, 0.29) is 0 Å². The zero-order valence-electron chi connectivity index (χ0n) is 7.40. The molecule has 2 heteroatoms. The zero-order chi connectivity index (χ0) is 8.39. The van der Waals surface area contributed by atoms with E-state index in [0.29, 0.717) is 0 Å². The van der Waals surface area contributed by atoms with E-state index in [4.69, 9.17) is 5.73 Å². The molecule has 1 aliphatic rings. The molecule has 0 bridgehead atoms. The van der Waals surface area contributed by atoms with Gasteiger partial charge in [-0.05, 0) is 50.3 Å². The van der Waals surface area contributed by atoms with Crippen LogP contribution in [0.5, 0.6) is 0 Å². The van der Waals surface area contributed by atoms with Crippen LogP contribution in [0, 0.1) is 0 Å². The Labute approximate surface area is 73.2 Å². The Bertz CT molecular complexity index is 239. The molecule has 1 aromatic heterocycles. The maximum absolute atomic E-state index is 5.50. The summed E-state index contributed by atoms with van der Waals surface area (Å²) >= 11 is 0. The predicted octanol–water partition coefficient (Wildman–Crippen LogP) is 1.39. The molecule has 0 saturated carbocycles. The fraction of sp³-hybridized carbons (Fsp3) is 0.600. The van der Waals surface area contributed by atoms with E-state index in [1.807, 2.05) is 0 Å². The standard InChI is InChI=1S/C10H16N2/c11-6-5-9-7-8-3-1-2-4-10(8)12-9/h7,12H,1-6,11H2. The van der Waals surface area contributed by atoms with E-state index in [1.165, 1.54) is 42.6 Å². The van der Waals surface area contributed by atoms with Crippen molar-refractivity contribution in [2.24, 2.45) is 5.73 Å². The van der Waals surface area contributed by atoms with Gasteiger partial charge in [0.2, 0.25) is 0 Å². The highest BCUT2D eigenvalue weighted by Gasteiger charge is 2.11. The van der Waals surface area contributed by atoms with Gasteiger partial charge in [0.05, 0.1) is 0 Å². The maximum atomic E-state index is 5.50. The number of aromatic nitrogens is 1. The number of H-pyrrole nitrogens is 1. The Kier molecular flexibility index (Phi) is 2.17. The zero-order valence-corrected chi connectivity index (χ0v) is 7.40. The van der Waals surface area contributed by atoms with Gasteiger partial charge in [-0.3, -0.25) is 0 Å². The average Bonchev–Trinajstić information content (AvgIpc) is 2.47. The Morgan fingerprint density at radius 2 is 2.17 bits per heavy atom. The lowest BCUT2D eigenvalue weighted by atomic mass is 9.98. The monoisotopic (exact) mass is 164 g/mol. The van der Waals surface area contributed by atoms with Crippen LogP contribution in [-0.4, -0.2) is 11.5 Å². The number of hydrogen-bond acceptors (Lipinski definition) is 1. The summed E-state index contributed by atoms with van der Waals surface area (Å²) in [5.41, 5.74) is 9.82. The summed E-state index contributed by atoms with van der Waals surface area (Å²) < 4.78 is 0. The van der Waals surface area contributed by atoms with Crippen molar-refractivity contribution in [3.8, 4) is 0 Å². The maximum Gasteiger partial charge on any atom is 0.0181 e. The molecule has 2 nitrogen and oxygen atoms in total. The molecule has 66 valence electrons. The highest BCUT2D eigenvalue weighted by molar-refractivity contribution is 5.28. The third kappa shape index (κ3) is 1.39. The van der Waals surface area contributed by atoms with E-state index in [0.717, 1.165) is 13.0 Å². The van der Waals surface area contributed by atoms with Gasteiger partial charge < -0.3 is 10.7 Å². The van der Waals surface area contributed by atoms with Gasteiger partial charge in [0.15, 0.2) is 0 Å². The molecule has 3 N–H and O–H groups in total. The topological polar surface area (TPSA) is 41.8 Å². The first-order valence-electron chi connectivity index (χ1n) is 4.80. The van der Waals surface area contributed by atoms with Crippen molar-refractivity contribution in [3.05, 3.63) is 23.0 Å². The second kappa shape index (κ2) is 3.31. The van der Waals surface area contributed by atoms with Crippen LogP contribution in [0.25, 0.3) is 0 Å². The second-order valence-corrected chi connectivity index (χ2v) is 3.54. The largest absolute Gasteiger partial charge is 0.362 e. The fourth-order valence-electron chi connectivity index (χ4n) is 1.96. The van der Waals surface area contributed by atoms with Crippen molar-refractivity contribution in [2.45, 2.75) is 32.1 Å². The van der Waals surface area contributed by atoms with Gasteiger partial charge in [0, 0.05) is 11.4 Å². The van der Waals surface area contributed by atoms with Crippen LogP contribution in [0.2, 0.25) is 0 Å². The molecule has 12 heavy (non-hydrogen) atoms. The lowest BCUT2D eigenvalue weighted by Gasteiger charge is -2.09. The summed E-state index contributed by atoms with van der Waals surface area (Å²) in [6.07, 6.45) is 6.19. The van der Waals surface area contributed by atoms with Gasteiger partial charge in [0.1, 0.15) is 0 Å². The van der Waals surface area contributed by atoms with Gasteiger partial charge in [-0.25, -0.2) is 0 Å². The first-order chi connectivity index (χ1) is 5.90. The summed E-state index contributed by atoms with van der Waals surface area (Å²) in [4.78, 5) is 3.45. The number of aromatic amines is 1. The molecule has 2 rings (SSSR count). The Balaban J connectivity index is 2.20. The van der Waals surface area contributed by atoms with Crippen LogP contribution in [0.3, 0.4) is 0 Å². The predicted molar refractivity (Wildman–Crippen MR) is 50.2 cm³/mol. The average molecular weight is 164 g/mol. The fourth-order valence-corrected chi connectivity index (χ4v) is 1.96. The summed E-state index contributed by atoms with van der Waals surface area (Å²) in [5, 5.41) is 0. The highest BCUT2D eigenvalue weighted by atomic mass is 14.7. The number of hydrogen-bond donors (Lipinski definition) is 2. The van der Waals surface area contributed by atoms with Crippen molar-refractivity contribution in [1.82, 2.24) is 4.98 Å². The third-order valence-corrected chi connectivity index (χ3v) is 2.58. The molecule has 0 atom stereocenters. The van der Waals surface area contributed by atoms with E-state index in [2.05, 4.69) is 11.1 Å². The molecule has 0 radical (unpaired) electrons. The smallest absolute Gasteiger partial charge is 0.0181 e. The number of aryl methyl sites for hydroxylation is 2. The Hall–Kier alpha value is -0.760. The molecule has 0 unspecified atom stereocenters. The van der Waals surface area contributed by atoms with Crippen LogP contribution in [-0.2, 0) is 19.3 Å². The minimum atomic E-state index is 0.749. The lowest BCUT2D eigenvalue weighted by molar-refractivity contribution is 0.676. The molecule has 0 aromatic carbocycles. The molecule has 1 aromatic rings. The quantitative estimate of drug-likeness (QED) is 0.681. The number of rotatable bonds is 2. The number of nitrogens with one attached hydrogen (secondary N) is 1. The van der Waals surface area contributed by atoms with Crippen molar-refractivity contribution >= 4 is 0 Å². The second-order valence-electron chi connectivity index (χ2n) is 3.54. The minimum absolute atomic E-state index is 0.749. The highest BCUT2D eigenvalue weighted by Crippen LogP contribution is 2.21. The lowest BCUT2D eigenvalue weighted by Crippen LogP contribution is -2.03. The van der Waals surface area contributed by atoms with Gasteiger partial charge in [-0.2, -0.15) is 0 Å². The molecular weight excluding hydrogens is 148 g/mol. The summed E-state index contributed by atoms with van der Waals surface area (Å²) in [6, 6.07) is 2.29. The van der Waals surface area contributed by atoms with Crippen molar-refractivity contribution in [1.29, 1.82) is 0 Å². The summed E-state index contributed by atoms with van der Waals surface area (Å²) in [5.74, 6) is 0. The normalized spacial score (nSPS) is 16.1. The Morgan fingerprint density at radius 3 is 2.92 bits per heavy atom. The van der Waals surface area contributed by atoms with Gasteiger partial charge in [0.25, 0.3) is 0 Å². The van der Waals surface area contributed by atoms with Crippen LogP contribution >= 0.6 is 0 Å². The van der Waals surface area contributed by atoms with Crippen LogP contribution in [0.1, 0.15) is 29.8 Å². The van der Waals surface area contributed by atoms with Gasteiger partial charge in [-0.1, -0.05) is 0 Å². The Morgan fingerprint density at radius 1 is 1.33 bits per heavy atom. The molecule has 1 heterocycles. The summed E-state index contributed by atoms with van der Waals surface area (Å²) in [6.45, 7) is 0.749. The molecule has 1 aliphatic carbocycles. The van der Waals surface area contributed by atoms with E-state index >= 15 is 0 Å². The summed E-state index contributed by atoms with van der Waals surface area (Å²) in [7, 11) is 0. The van der Waals surface area contributed by atoms with Crippen LogP contribution in [0.4, 0.5) is 0 Å². The van der Waals surface area contributed by atoms with Gasteiger partial charge >= 0.3 is 0 Å². The van der Waals surface area contributed by atoms with E-state index in [9.17, 15) is 0 Å². The van der Waals surface area contributed by atoms with Crippen molar-refractivity contribution < 1.29 is 0 Å². The minimum Gasteiger partial charge on any atom is -0.362 e. The first kappa shape index (κ1) is 7.87. The third-order valence-electron chi connectivity index (χ3n) is 2.58. The van der Waals surface area contributed by atoms with Gasteiger partial charge in [-0.15, -0.1) is 0 Å². The molecular formula is C10H16N2. The SMILES string of the molecule is NCCc1cc2c([nH]1)CCCC2. The van der Waals surface area contributed by atoms with Crippen LogP contribution < -0.4 is 5.73 Å². The molecule has 0 amide bonds. The number of nitrogens with two attached hydrogens (primary N) is 1. The van der Waals surface area contributed by atoms with Crippen LogP contribution in [0.15, 0.2) is 6.07 Å². The van der Waals surface area contributed by atoms with Crippen molar-refractivity contribution in [2.75, 3.05) is 6.54 Å². The van der Waals surface area contributed by atoms with E-state index in [1.54, 1.807) is 0 Å². The molecule has 0 saturated heterocycles. The molecule has 0 aliphatic heterocycles. The first-order valence-corrected chi connectivity index (χ1v) is 4.80. The molecule has 0 spiro atoms. The molecule has 0 fully saturated rings. The van der Waals surface area contributed by atoms with Crippen molar-refractivity contribution in [3.63, 3.8) is 0 Å². The van der Waals surface area contributed by atoms with E-state index < -0.39 is 0 Å².